The van der Waals surface area contributed by atoms with Crippen molar-refractivity contribution in [3.05, 3.63) is 107 Å². The highest BCUT2D eigenvalue weighted by Gasteiger charge is 2.39. The molecule has 34 heavy (non-hydrogen) atoms. The molecule has 1 saturated carbocycles. The highest BCUT2D eigenvalue weighted by atomic mass is 16.1. The van der Waals surface area contributed by atoms with Gasteiger partial charge in [0.2, 0.25) is 0 Å². The molecule has 0 aromatic heterocycles. The minimum absolute atomic E-state index is 0.0826. The second kappa shape index (κ2) is 7.87. The van der Waals surface area contributed by atoms with Crippen LogP contribution in [0.3, 0.4) is 0 Å². The van der Waals surface area contributed by atoms with E-state index in [2.05, 4.69) is 124 Å². The van der Waals surface area contributed by atoms with Crippen LogP contribution >= 0.6 is 0 Å². The number of fused-ring (bicyclic) bond motifs is 2. The molecule has 2 aromatic carbocycles. The molecule has 0 N–H and O–H groups in total. The van der Waals surface area contributed by atoms with Crippen molar-refractivity contribution in [1.29, 1.82) is 0 Å². The summed E-state index contributed by atoms with van der Waals surface area (Å²) in [7, 11) is 4.23. The van der Waals surface area contributed by atoms with Crippen LogP contribution in [0.5, 0.6) is 0 Å². The largest absolute Gasteiger partial charge is 0.347 e. The molecule has 5 rings (SSSR count). The SMILES string of the molecule is CN1/C(=C\C=C2\CC/C(=C\C=C3/N(C)c4ccccc4C3(C)C)C2=O)C(C)(C)c2ccccc21. The van der Waals surface area contributed by atoms with Gasteiger partial charge in [0.05, 0.1) is 0 Å². The van der Waals surface area contributed by atoms with Crippen LogP contribution in [0.4, 0.5) is 11.4 Å². The van der Waals surface area contributed by atoms with Gasteiger partial charge in [0.25, 0.3) is 0 Å². The minimum atomic E-state index is -0.0826. The summed E-state index contributed by atoms with van der Waals surface area (Å²) in [6.45, 7) is 9.02. The first-order valence-electron chi connectivity index (χ1n) is 12.2. The van der Waals surface area contributed by atoms with Crippen molar-refractivity contribution < 1.29 is 4.79 Å². The summed E-state index contributed by atoms with van der Waals surface area (Å²) in [6.07, 6.45) is 10.0. The molecule has 0 saturated heterocycles. The molecule has 2 aliphatic heterocycles. The second-order valence-electron chi connectivity index (χ2n) is 10.7. The number of likely N-dealkylation sites (N-methyl/N-ethyl adjacent to an activating group) is 2. The quantitative estimate of drug-likeness (QED) is 0.469. The number of allylic oxidation sites excluding steroid dienone is 8. The summed E-state index contributed by atoms with van der Waals surface area (Å²) in [5.41, 5.74) is 9.23. The topological polar surface area (TPSA) is 23.6 Å². The molecule has 2 aromatic rings. The molecular weight excluding hydrogens is 416 g/mol. The first-order valence-corrected chi connectivity index (χ1v) is 12.2. The summed E-state index contributed by atoms with van der Waals surface area (Å²) in [4.78, 5) is 17.7. The molecule has 3 heteroatoms. The van der Waals surface area contributed by atoms with Gasteiger partial charge in [-0.3, -0.25) is 4.79 Å². The minimum Gasteiger partial charge on any atom is -0.347 e. The standard InChI is InChI=1S/C31H34N2O/c1-30(2)23-11-7-9-13-25(23)32(5)27(30)19-17-21-15-16-22(29(21)34)18-20-28-31(3,4)24-12-8-10-14-26(24)33(28)6/h7-14,17-20H,15-16H2,1-6H3/b21-17-,22-18+,27-19-,28-20-. The van der Waals surface area contributed by atoms with Gasteiger partial charge < -0.3 is 9.80 Å². The fourth-order valence-corrected chi connectivity index (χ4v) is 5.98. The molecule has 0 atom stereocenters. The normalized spacial score (nSPS) is 25.2. The van der Waals surface area contributed by atoms with E-state index in [1.807, 2.05) is 0 Å². The zero-order valence-electron chi connectivity index (χ0n) is 21.1. The molecule has 3 aliphatic rings. The van der Waals surface area contributed by atoms with Crippen molar-refractivity contribution in [2.45, 2.75) is 51.4 Å². The van der Waals surface area contributed by atoms with Crippen LogP contribution in [0.15, 0.2) is 95.4 Å². The van der Waals surface area contributed by atoms with Crippen molar-refractivity contribution in [2.75, 3.05) is 23.9 Å². The third-order valence-electron chi connectivity index (χ3n) is 8.01. The lowest BCUT2D eigenvalue weighted by molar-refractivity contribution is -0.111. The number of ketones is 1. The zero-order valence-corrected chi connectivity index (χ0v) is 21.1. The molecule has 0 radical (unpaired) electrons. The van der Waals surface area contributed by atoms with Gasteiger partial charge in [-0.25, -0.2) is 0 Å². The highest BCUT2D eigenvalue weighted by molar-refractivity contribution is 6.11. The van der Waals surface area contributed by atoms with Crippen LogP contribution in [-0.2, 0) is 15.6 Å². The molecule has 1 aliphatic carbocycles. The summed E-state index contributed by atoms with van der Waals surface area (Å²) in [5.74, 6) is 0.181. The Morgan fingerprint density at radius 3 is 1.41 bits per heavy atom. The lowest BCUT2D eigenvalue weighted by Gasteiger charge is -2.23. The van der Waals surface area contributed by atoms with Crippen molar-refractivity contribution in [1.82, 2.24) is 0 Å². The number of para-hydroxylation sites is 2. The average Bonchev–Trinajstić information content (AvgIpc) is 3.33. The lowest BCUT2D eigenvalue weighted by Crippen LogP contribution is -2.22. The number of hydrogen-bond donors (Lipinski definition) is 0. The van der Waals surface area contributed by atoms with Crippen LogP contribution < -0.4 is 9.80 Å². The summed E-state index contributed by atoms with van der Waals surface area (Å²) in [6, 6.07) is 17.1. The van der Waals surface area contributed by atoms with E-state index in [1.165, 1.54) is 33.9 Å². The molecule has 2 heterocycles. The van der Waals surface area contributed by atoms with Gasteiger partial charge in [-0.1, -0.05) is 76.2 Å². The maximum Gasteiger partial charge on any atom is 0.185 e. The summed E-state index contributed by atoms with van der Waals surface area (Å²) < 4.78 is 0. The Labute approximate surface area is 203 Å². The van der Waals surface area contributed by atoms with Crippen molar-refractivity contribution >= 4 is 17.2 Å². The van der Waals surface area contributed by atoms with E-state index >= 15 is 0 Å². The predicted molar refractivity (Wildman–Crippen MR) is 142 cm³/mol. The van der Waals surface area contributed by atoms with E-state index < -0.39 is 0 Å². The van der Waals surface area contributed by atoms with E-state index in [0.717, 1.165) is 24.0 Å². The van der Waals surface area contributed by atoms with Gasteiger partial charge >= 0.3 is 0 Å². The summed E-state index contributed by atoms with van der Waals surface area (Å²) in [5, 5.41) is 0. The van der Waals surface area contributed by atoms with Gasteiger partial charge in [0.15, 0.2) is 5.78 Å². The molecule has 3 nitrogen and oxygen atoms in total. The number of carbonyl (C=O) groups excluding carboxylic acids is 1. The predicted octanol–water partition coefficient (Wildman–Crippen LogP) is 6.83. The van der Waals surface area contributed by atoms with Crippen LogP contribution in [0.25, 0.3) is 0 Å². The van der Waals surface area contributed by atoms with E-state index in [-0.39, 0.29) is 16.6 Å². The Morgan fingerprint density at radius 2 is 1.03 bits per heavy atom. The van der Waals surface area contributed by atoms with E-state index in [0.29, 0.717) is 0 Å². The Hall–Kier alpha value is -3.33. The fraction of sp³-hybridized carbons (Fsp3) is 0.323. The molecule has 174 valence electrons. The maximum atomic E-state index is 13.2. The fourth-order valence-electron chi connectivity index (χ4n) is 5.98. The Kier molecular flexibility index (Phi) is 5.20. The van der Waals surface area contributed by atoms with Crippen LogP contribution in [0.1, 0.15) is 51.7 Å². The van der Waals surface area contributed by atoms with Crippen LogP contribution in [-0.4, -0.2) is 19.9 Å². The molecule has 1 fully saturated rings. The Morgan fingerprint density at radius 1 is 0.647 bits per heavy atom. The Bertz CT molecular complexity index is 1200. The van der Waals surface area contributed by atoms with Gasteiger partial charge in [-0.05, 0) is 48.3 Å². The molecular formula is C31H34N2O. The number of carbonyl (C=O) groups is 1. The van der Waals surface area contributed by atoms with Crippen LogP contribution in [0, 0.1) is 0 Å². The van der Waals surface area contributed by atoms with E-state index in [9.17, 15) is 4.79 Å². The first kappa shape index (κ1) is 22.5. The average molecular weight is 451 g/mol. The van der Waals surface area contributed by atoms with Gasteiger partial charge in [-0.2, -0.15) is 0 Å². The second-order valence-corrected chi connectivity index (χ2v) is 10.7. The first-order chi connectivity index (χ1) is 16.1. The van der Waals surface area contributed by atoms with Crippen molar-refractivity contribution in [3.8, 4) is 0 Å². The van der Waals surface area contributed by atoms with Crippen molar-refractivity contribution in [2.24, 2.45) is 0 Å². The number of hydrogen-bond acceptors (Lipinski definition) is 3. The summed E-state index contributed by atoms with van der Waals surface area (Å²) >= 11 is 0. The number of rotatable bonds is 2. The molecule has 0 amide bonds. The number of benzene rings is 2. The smallest absolute Gasteiger partial charge is 0.185 e. The highest BCUT2D eigenvalue weighted by Crippen LogP contribution is 2.48. The third-order valence-corrected chi connectivity index (χ3v) is 8.01. The molecule has 0 unspecified atom stereocenters. The van der Waals surface area contributed by atoms with Gasteiger partial charge in [0.1, 0.15) is 0 Å². The van der Waals surface area contributed by atoms with Gasteiger partial charge in [-0.15, -0.1) is 0 Å². The maximum absolute atomic E-state index is 13.2. The van der Waals surface area contributed by atoms with Gasteiger partial charge in [0, 0.05) is 58.8 Å². The van der Waals surface area contributed by atoms with Crippen molar-refractivity contribution in [3.63, 3.8) is 0 Å². The van der Waals surface area contributed by atoms with E-state index in [4.69, 9.17) is 0 Å². The molecule has 0 spiro atoms. The number of anilines is 2. The van der Waals surface area contributed by atoms with E-state index in [1.54, 1.807) is 0 Å². The number of nitrogens with zero attached hydrogens (tertiary/aromatic N) is 2. The third kappa shape index (κ3) is 3.29. The lowest BCUT2D eigenvalue weighted by atomic mass is 9.83. The zero-order chi connectivity index (χ0) is 24.3. The molecule has 0 bridgehead atoms. The monoisotopic (exact) mass is 450 g/mol. The Balaban J connectivity index is 1.41. The number of Topliss-reactive ketones (excluding diaryl/α,β-unsaturated/α-hetero) is 1. The van der Waals surface area contributed by atoms with Crippen LogP contribution in [0.2, 0.25) is 0 Å².